The average molecular weight is 323 g/mol. The zero-order chi connectivity index (χ0) is 14.8. The van der Waals surface area contributed by atoms with E-state index >= 15 is 0 Å². The first-order chi connectivity index (χ1) is 10.1. The molecule has 0 spiro atoms. The summed E-state index contributed by atoms with van der Waals surface area (Å²) in [6, 6.07) is 13.2. The van der Waals surface area contributed by atoms with Crippen LogP contribution < -0.4 is 15.4 Å². The molecule has 1 fully saturated rings. The monoisotopic (exact) mass is 322 g/mol. The van der Waals surface area contributed by atoms with Gasteiger partial charge in [-0.25, -0.2) is 0 Å². The van der Waals surface area contributed by atoms with Gasteiger partial charge in [0.15, 0.2) is 0 Å². The van der Waals surface area contributed by atoms with E-state index in [0.29, 0.717) is 16.5 Å². The Labute approximate surface area is 134 Å². The van der Waals surface area contributed by atoms with Gasteiger partial charge in [-0.2, -0.15) is 0 Å². The minimum absolute atomic E-state index is 0.127. The molecule has 110 valence electrons. The second-order valence-electron chi connectivity index (χ2n) is 5.14. The lowest BCUT2D eigenvalue weighted by Gasteiger charge is -2.19. The van der Waals surface area contributed by atoms with Gasteiger partial charge in [0.1, 0.15) is 11.9 Å². The highest BCUT2D eigenvalue weighted by molar-refractivity contribution is 6.32. The summed E-state index contributed by atoms with van der Waals surface area (Å²) >= 11 is 12.1. The van der Waals surface area contributed by atoms with Crippen molar-refractivity contribution < 1.29 is 4.74 Å². The lowest BCUT2D eigenvalue weighted by Crippen LogP contribution is -2.24. The molecule has 0 aromatic heterocycles. The van der Waals surface area contributed by atoms with Gasteiger partial charge in [0.05, 0.1) is 11.6 Å². The molecule has 1 aliphatic rings. The molecule has 0 bridgehead atoms. The molecule has 3 nitrogen and oxygen atoms in total. The fraction of sp³-hybridized carbons (Fsp3) is 0.250. The van der Waals surface area contributed by atoms with E-state index < -0.39 is 0 Å². The largest absolute Gasteiger partial charge is 0.487 e. The Hall–Kier alpha value is -1.58. The van der Waals surface area contributed by atoms with Crippen molar-refractivity contribution in [2.24, 2.45) is 0 Å². The minimum atomic E-state index is 0.127. The molecular formula is C16H16Cl2N2O. The molecule has 0 aliphatic carbocycles. The van der Waals surface area contributed by atoms with Crippen LogP contribution in [0.1, 0.15) is 6.42 Å². The lowest BCUT2D eigenvalue weighted by atomic mass is 10.3. The maximum absolute atomic E-state index is 6.15. The first kappa shape index (κ1) is 14.4. The Bertz CT molecular complexity index is 631. The van der Waals surface area contributed by atoms with Gasteiger partial charge in [-0.3, -0.25) is 0 Å². The highest BCUT2D eigenvalue weighted by atomic mass is 35.5. The number of halogens is 2. The number of nitrogens with two attached hydrogens (primary N) is 1. The Balaban J connectivity index is 1.65. The first-order valence-electron chi connectivity index (χ1n) is 6.84. The summed E-state index contributed by atoms with van der Waals surface area (Å²) in [4.78, 5) is 2.28. The maximum Gasteiger partial charge on any atom is 0.138 e. The van der Waals surface area contributed by atoms with E-state index in [4.69, 9.17) is 33.7 Å². The Morgan fingerprint density at radius 1 is 1.10 bits per heavy atom. The number of anilines is 2. The normalized spacial score (nSPS) is 18.0. The number of benzene rings is 2. The Kier molecular flexibility index (Phi) is 4.13. The third-order valence-corrected chi connectivity index (χ3v) is 4.13. The van der Waals surface area contributed by atoms with Gasteiger partial charge >= 0.3 is 0 Å². The van der Waals surface area contributed by atoms with Gasteiger partial charge in [-0.05, 0) is 42.5 Å². The summed E-state index contributed by atoms with van der Waals surface area (Å²) in [5.41, 5.74) is 7.49. The van der Waals surface area contributed by atoms with Gasteiger partial charge in [-0.1, -0.05) is 23.2 Å². The van der Waals surface area contributed by atoms with Crippen molar-refractivity contribution in [1.82, 2.24) is 0 Å². The molecule has 1 heterocycles. The van der Waals surface area contributed by atoms with Crippen LogP contribution in [0.4, 0.5) is 11.4 Å². The van der Waals surface area contributed by atoms with Crippen molar-refractivity contribution in [3.63, 3.8) is 0 Å². The van der Waals surface area contributed by atoms with Crippen LogP contribution in [0.2, 0.25) is 10.0 Å². The van der Waals surface area contributed by atoms with Crippen LogP contribution in [0.25, 0.3) is 0 Å². The van der Waals surface area contributed by atoms with E-state index in [1.807, 2.05) is 30.3 Å². The van der Waals surface area contributed by atoms with E-state index in [0.717, 1.165) is 30.2 Å². The lowest BCUT2D eigenvalue weighted by molar-refractivity contribution is 0.225. The van der Waals surface area contributed by atoms with Gasteiger partial charge in [0, 0.05) is 29.4 Å². The van der Waals surface area contributed by atoms with Crippen molar-refractivity contribution in [3.05, 3.63) is 52.5 Å². The van der Waals surface area contributed by atoms with Crippen LogP contribution in [0.15, 0.2) is 42.5 Å². The average Bonchev–Trinajstić information content (AvgIpc) is 2.91. The molecule has 2 aromatic carbocycles. The molecule has 1 aliphatic heterocycles. The summed E-state index contributed by atoms with van der Waals surface area (Å²) in [5, 5.41) is 1.30. The number of nitrogens with zero attached hydrogens (tertiary/aromatic N) is 1. The first-order valence-corrected chi connectivity index (χ1v) is 7.59. The van der Waals surface area contributed by atoms with Crippen LogP contribution in [0.5, 0.6) is 5.75 Å². The number of hydrogen-bond acceptors (Lipinski definition) is 3. The predicted molar refractivity (Wildman–Crippen MR) is 88.6 cm³/mol. The number of nitrogen functional groups attached to an aromatic ring is 1. The molecule has 3 rings (SSSR count). The Morgan fingerprint density at radius 2 is 1.86 bits per heavy atom. The second kappa shape index (κ2) is 6.04. The fourth-order valence-corrected chi connectivity index (χ4v) is 2.86. The standard InChI is InChI=1S/C16H16Cl2N2O/c17-11-1-4-13(5-2-11)20-8-7-14(10-20)21-16-6-3-12(19)9-15(16)18/h1-6,9,14H,7-8,10,19H2. The van der Waals surface area contributed by atoms with Crippen LogP contribution in [-0.2, 0) is 0 Å². The molecule has 0 amide bonds. The molecule has 0 saturated carbocycles. The SMILES string of the molecule is Nc1ccc(OC2CCN(c3ccc(Cl)cc3)C2)c(Cl)c1. The van der Waals surface area contributed by atoms with Gasteiger partial charge in [0.2, 0.25) is 0 Å². The number of rotatable bonds is 3. The molecule has 0 radical (unpaired) electrons. The Morgan fingerprint density at radius 3 is 2.57 bits per heavy atom. The van der Waals surface area contributed by atoms with Crippen LogP contribution in [-0.4, -0.2) is 19.2 Å². The van der Waals surface area contributed by atoms with Crippen molar-refractivity contribution in [2.45, 2.75) is 12.5 Å². The van der Waals surface area contributed by atoms with Crippen molar-refractivity contribution >= 4 is 34.6 Å². The van der Waals surface area contributed by atoms with Crippen molar-refractivity contribution in [2.75, 3.05) is 23.7 Å². The third kappa shape index (κ3) is 3.36. The number of hydrogen-bond donors (Lipinski definition) is 1. The summed E-state index contributed by atoms with van der Waals surface area (Å²) in [5.74, 6) is 0.689. The smallest absolute Gasteiger partial charge is 0.138 e. The molecule has 1 saturated heterocycles. The highest BCUT2D eigenvalue weighted by Crippen LogP contribution is 2.30. The highest BCUT2D eigenvalue weighted by Gasteiger charge is 2.24. The minimum Gasteiger partial charge on any atom is -0.487 e. The molecule has 2 N–H and O–H groups in total. The third-order valence-electron chi connectivity index (χ3n) is 3.59. The zero-order valence-electron chi connectivity index (χ0n) is 11.4. The molecule has 5 heteroatoms. The molecular weight excluding hydrogens is 307 g/mol. The number of ether oxygens (including phenoxy) is 1. The van der Waals surface area contributed by atoms with Crippen LogP contribution >= 0.6 is 23.2 Å². The summed E-state index contributed by atoms with van der Waals surface area (Å²) in [6.45, 7) is 1.79. The topological polar surface area (TPSA) is 38.5 Å². The predicted octanol–water partition coefficient (Wildman–Crippen LogP) is 4.23. The van der Waals surface area contributed by atoms with Crippen molar-refractivity contribution in [3.8, 4) is 5.75 Å². The molecule has 1 atom stereocenters. The van der Waals surface area contributed by atoms with Gasteiger partial charge < -0.3 is 15.4 Å². The zero-order valence-corrected chi connectivity index (χ0v) is 12.9. The van der Waals surface area contributed by atoms with E-state index in [2.05, 4.69) is 4.90 Å². The van der Waals surface area contributed by atoms with E-state index in [1.165, 1.54) is 0 Å². The van der Waals surface area contributed by atoms with Crippen molar-refractivity contribution in [1.29, 1.82) is 0 Å². The quantitative estimate of drug-likeness (QED) is 0.859. The molecule has 2 aromatic rings. The van der Waals surface area contributed by atoms with Gasteiger partial charge in [-0.15, -0.1) is 0 Å². The van der Waals surface area contributed by atoms with Gasteiger partial charge in [0.25, 0.3) is 0 Å². The van der Waals surface area contributed by atoms with Crippen LogP contribution in [0, 0.1) is 0 Å². The summed E-state index contributed by atoms with van der Waals surface area (Å²) < 4.78 is 5.98. The van der Waals surface area contributed by atoms with E-state index in [1.54, 1.807) is 12.1 Å². The summed E-state index contributed by atoms with van der Waals surface area (Å²) in [6.07, 6.45) is 1.09. The van der Waals surface area contributed by atoms with Crippen LogP contribution in [0.3, 0.4) is 0 Å². The second-order valence-corrected chi connectivity index (χ2v) is 5.98. The van der Waals surface area contributed by atoms with E-state index in [-0.39, 0.29) is 6.10 Å². The maximum atomic E-state index is 6.15. The fourth-order valence-electron chi connectivity index (χ4n) is 2.50. The summed E-state index contributed by atoms with van der Waals surface area (Å²) in [7, 11) is 0. The molecule has 21 heavy (non-hydrogen) atoms. The molecule has 1 unspecified atom stereocenters. The van der Waals surface area contributed by atoms with E-state index in [9.17, 15) is 0 Å².